The molecule has 164 valence electrons. The first-order valence-corrected chi connectivity index (χ1v) is 11.6. The van der Waals surface area contributed by atoms with Crippen molar-refractivity contribution >= 4 is 29.2 Å². The molecule has 3 nitrogen and oxygen atoms in total. The molecule has 0 N–H and O–H groups in total. The van der Waals surface area contributed by atoms with Crippen LogP contribution in [0.3, 0.4) is 0 Å². The van der Waals surface area contributed by atoms with Crippen LogP contribution < -0.4 is 20.2 Å². The van der Waals surface area contributed by atoms with Gasteiger partial charge in [0.05, 0.1) is 0 Å². The Morgan fingerprint density at radius 2 is 1.38 bits per heavy atom. The summed E-state index contributed by atoms with van der Waals surface area (Å²) in [5, 5.41) is 0. The number of nitrogens with zero attached hydrogens (tertiary/aromatic N) is 3. The van der Waals surface area contributed by atoms with E-state index in [0.29, 0.717) is 35.8 Å². The van der Waals surface area contributed by atoms with Crippen LogP contribution in [-0.4, -0.2) is 48.0 Å². The van der Waals surface area contributed by atoms with Crippen LogP contribution in [0.1, 0.15) is 41.5 Å². The minimum Gasteiger partial charge on any atom is -0.378 e. The highest BCUT2D eigenvalue weighted by Crippen LogP contribution is 2.52. The van der Waals surface area contributed by atoms with E-state index in [1.54, 1.807) is 0 Å². The topological polar surface area (TPSA) is 9.72 Å². The monoisotopic (exact) mass is 399 g/mol. The van der Waals surface area contributed by atoms with Crippen LogP contribution in [0.15, 0.2) is 12.1 Å². The van der Waals surface area contributed by atoms with Crippen molar-refractivity contribution in [3.8, 4) is 0 Å². The van der Waals surface area contributed by atoms with E-state index in [0.717, 1.165) is 13.1 Å². The van der Waals surface area contributed by atoms with Crippen molar-refractivity contribution in [2.45, 2.75) is 55.2 Å². The summed E-state index contributed by atoms with van der Waals surface area (Å²) in [4.78, 5) is 7.23. The van der Waals surface area contributed by atoms with E-state index in [9.17, 15) is 0 Å². The highest BCUT2D eigenvalue weighted by atomic mass is 15.2. The minimum absolute atomic E-state index is 0.401. The van der Waals surface area contributed by atoms with Gasteiger partial charge in [-0.25, -0.2) is 0 Å². The average molecular weight is 399 g/mol. The van der Waals surface area contributed by atoms with Gasteiger partial charge in [0.15, 0.2) is 6.71 Å². The number of hydrogen-bond donors (Lipinski definition) is 0. The van der Waals surface area contributed by atoms with Gasteiger partial charge in [0.1, 0.15) is 0 Å². The van der Waals surface area contributed by atoms with Crippen molar-refractivity contribution in [1.29, 1.82) is 0 Å². The van der Waals surface area contributed by atoms with Crippen molar-refractivity contribution in [2.24, 2.45) is 29.1 Å². The third-order valence-corrected chi connectivity index (χ3v) is 7.73. The van der Waals surface area contributed by atoms with E-state index in [1.165, 1.54) is 22.5 Å². The van der Waals surface area contributed by atoms with Gasteiger partial charge in [0, 0.05) is 58.3 Å². The summed E-state index contributed by atoms with van der Waals surface area (Å²) in [5.74, 6) is 2.73. The Morgan fingerprint density at radius 3 is 1.72 bits per heavy atom. The van der Waals surface area contributed by atoms with Gasteiger partial charge >= 0.3 is 0 Å². The SMILES string of the molecule is CB(C)c1c(N(C)C)cc(N(C)C)cc1N1CC(C)C(C(C)C)(C(C)C)C(C)C1. The van der Waals surface area contributed by atoms with Crippen LogP contribution in [-0.2, 0) is 0 Å². The molecule has 2 atom stereocenters. The van der Waals surface area contributed by atoms with E-state index in [-0.39, 0.29) is 0 Å². The summed E-state index contributed by atoms with van der Waals surface area (Å²) in [7, 11) is 8.65. The lowest BCUT2D eigenvalue weighted by molar-refractivity contribution is -0.0303. The van der Waals surface area contributed by atoms with Gasteiger partial charge in [0.2, 0.25) is 0 Å². The van der Waals surface area contributed by atoms with Gasteiger partial charge < -0.3 is 14.7 Å². The lowest BCUT2D eigenvalue weighted by Crippen LogP contribution is -2.57. The van der Waals surface area contributed by atoms with Crippen LogP contribution in [0.2, 0.25) is 13.6 Å². The lowest BCUT2D eigenvalue weighted by atomic mass is 9.48. The molecule has 1 aliphatic heterocycles. The zero-order valence-corrected chi connectivity index (χ0v) is 21.3. The Kier molecular flexibility index (Phi) is 7.28. The summed E-state index contributed by atoms with van der Waals surface area (Å²) < 4.78 is 0. The highest BCUT2D eigenvalue weighted by Gasteiger charge is 2.50. The molecular weight excluding hydrogens is 353 g/mol. The fourth-order valence-electron chi connectivity index (χ4n) is 6.77. The van der Waals surface area contributed by atoms with Crippen LogP contribution in [0, 0.1) is 29.1 Å². The fourth-order valence-corrected chi connectivity index (χ4v) is 6.77. The molecule has 0 radical (unpaired) electrons. The second kappa shape index (κ2) is 8.82. The third kappa shape index (κ3) is 4.14. The molecule has 1 aliphatic rings. The first-order chi connectivity index (χ1) is 13.3. The van der Waals surface area contributed by atoms with Gasteiger partial charge in [-0.05, 0) is 46.7 Å². The van der Waals surface area contributed by atoms with Crippen LogP contribution in [0.4, 0.5) is 17.1 Å². The molecule has 0 aliphatic carbocycles. The molecule has 1 fully saturated rings. The van der Waals surface area contributed by atoms with Gasteiger partial charge in [-0.3, -0.25) is 0 Å². The van der Waals surface area contributed by atoms with Crippen LogP contribution in [0.5, 0.6) is 0 Å². The lowest BCUT2D eigenvalue weighted by Gasteiger charge is -2.57. The van der Waals surface area contributed by atoms with E-state index < -0.39 is 0 Å². The smallest absolute Gasteiger partial charge is 0.175 e. The molecule has 1 aromatic carbocycles. The number of anilines is 3. The minimum atomic E-state index is 0.401. The molecule has 29 heavy (non-hydrogen) atoms. The van der Waals surface area contributed by atoms with Gasteiger partial charge in [-0.2, -0.15) is 0 Å². The molecule has 1 heterocycles. The van der Waals surface area contributed by atoms with Crippen LogP contribution >= 0.6 is 0 Å². The number of benzene rings is 1. The molecule has 2 unspecified atom stereocenters. The predicted octanol–water partition coefficient (Wildman–Crippen LogP) is 5.17. The number of piperidine rings is 1. The molecule has 0 spiro atoms. The Morgan fingerprint density at radius 1 is 0.897 bits per heavy atom. The third-order valence-electron chi connectivity index (χ3n) is 7.73. The molecule has 0 saturated carbocycles. The van der Waals surface area contributed by atoms with Crippen molar-refractivity contribution in [3.63, 3.8) is 0 Å². The molecule has 4 heteroatoms. The second-order valence-electron chi connectivity index (χ2n) is 10.9. The van der Waals surface area contributed by atoms with Crippen LogP contribution in [0.25, 0.3) is 0 Å². The molecule has 1 aromatic rings. The maximum Gasteiger partial charge on any atom is 0.175 e. The zero-order valence-electron chi connectivity index (χ0n) is 21.3. The van der Waals surface area contributed by atoms with Crippen molar-refractivity contribution in [1.82, 2.24) is 0 Å². The molecule has 1 saturated heterocycles. The maximum absolute atomic E-state index is 2.70. The largest absolute Gasteiger partial charge is 0.378 e. The molecular formula is C25H46BN3. The van der Waals surface area contributed by atoms with Gasteiger partial charge in [0.25, 0.3) is 0 Å². The van der Waals surface area contributed by atoms with E-state index in [1.807, 2.05) is 0 Å². The Labute approximate surface area is 181 Å². The molecule has 0 amide bonds. The summed E-state index contributed by atoms with van der Waals surface area (Å²) in [6.07, 6.45) is 0. The Hall–Kier alpha value is -1.32. The van der Waals surface area contributed by atoms with E-state index >= 15 is 0 Å². The van der Waals surface area contributed by atoms with E-state index in [2.05, 4.69) is 110 Å². The van der Waals surface area contributed by atoms with Gasteiger partial charge in [-0.1, -0.05) is 55.2 Å². The fraction of sp³-hybridized carbons (Fsp3) is 0.760. The Balaban J connectivity index is 2.61. The van der Waals surface area contributed by atoms with Crippen molar-refractivity contribution < 1.29 is 0 Å². The first kappa shape index (κ1) is 24.0. The predicted molar refractivity (Wildman–Crippen MR) is 135 cm³/mol. The van der Waals surface area contributed by atoms with Crippen molar-refractivity contribution in [3.05, 3.63) is 12.1 Å². The molecule has 2 rings (SSSR count). The molecule has 0 aromatic heterocycles. The second-order valence-corrected chi connectivity index (χ2v) is 10.9. The van der Waals surface area contributed by atoms with Gasteiger partial charge in [-0.15, -0.1) is 0 Å². The summed E-state index contributed by atoms with van der Waals surface area (Å²) in [5.41, 5.74) is 5.97. The Bertz CT molecular complexity index is 672. The number of hydrogen-bond acceptors (Lipinski definition) is 3. The summed E-state index contributed by atoms with van der Waals surface area (Å²) in [6.45, 7) is 22.2. The summed E-state index contributed by atoms with van der Waals surface area (Å²) in [6, 6.07) is 4.78. The normalized spacial score (nSPS) is 21.7. The zero-order chi connectivity index (χ0) is 22.3. The quantitative estimate of drug-likeness (QED) is 0.611. The summed E-state index contributed by atoms with van der Waals surface area (Å²) >= 11 is 0. The van der Waals surface area contributed by atoms with Crippen molar-refractivity contribution in [2.75, 3.05) is 56.0 Å². The number of rotatable bonds is 6. The first-order valence-electron chi connectivity index (χ1n) is 11.6. The molecule has 0 bridgehead atoms. The van der Waals surface area contributed by atoms with E-state index in [4.69, 9.17) is 0 Å². The maximum atomic E-state index is 2.70. The average Bonchev–Trinajstić information content (AvgIpc) is 2.59. The highest BCUT2D eigenvalue weighted by molar-refractivity contribution is 6.74. The standard InChI is InChI=1S/C25H46BN3/c1-17(2)25(18(3)4)19(5)15-29(16-20(25)6)23-14-21(27(9)10)13-22(28(11)12)24(23)26(7)8/h13-14,17-20H,15-16H2,1-12H3.